The minimum absolute atomic E-state index is 0.0473. The quantitative estimate of drug-likeness (QED) is 0.218. The summed E-state index contributed by atoms with van der Waals surface area (Å²) in [7, 11) is 3.08. The summed E-state index contributed by atoms with van der Waals surface area (Å²) in [6.07, 6.45) is -2.35. The molecule has 0 amide bonds. The molecule has 0 aromatic carbocycles. The second-order valence-corrected chi connectivity index (χ2v) is 3.57. The molecule has 10 nitrogen and oxygen atoms in total. The highest BCUT2D eigenvalue weighted by atomic mass is 17.3. The Labute approximate surface area is 128 Å². The maximum atomic E-state index is 11.0. The van der Waals surface area contributed by atoms with E-state index in [1.165, 1.54) is 0 Å². The molecule has 0 aromatic heterocycles. The van der Waals surface area contributed by atoms with Crippen LogP contribution in [0.3, 0.4) is 0 Å². The summed E-state index contributed by atoms with van der Waals surface area (Å²) < 4.78 is 28.6. The highest BCUT2D eigenvalue weighted by Gasteiger charge is 2.11. The van der Waals surface area contributed by atoms with E-state index in [4.69, 9.17) is 18.9 Å². The number of methoxy groups -OCH3 is 2. The lowest BCUT2D eigenvalue weighted by Gasteiger charge is -2.06. The van der Waals surface area contributed by atoms with Gasteiger partial charge in [-0.15, -0.1) is 0 Å². The molecule has 0 heterocycles. The van der Waals surface area contributed by atoms with Crippen molar-refractivity contribution in [2.24, 2.45) is 0 Å². The molecule has 0 atom stereocenters. The third-order valence-corrected chi connectivity index (χ3v) is 1.94. The van der Waals surface area contributed by atoms with Gasteiger partial charge in [0.2, 0.25) is 0 Å². The van der Waals surface area contributed by atoms with Crippen molar-refractivity contribution in [1.29, 1.82) is 0 Å². The predicted molar refractivity (Wildman–Crippen MR) is 70.3 cm³/mol. The SMILES string of the molecule is COCCOCCOC(=O)OOC(=O)OCCOCCOC. The van der Waals surface area contributed by atoms with Gasteiger partial charge in [0.05, 0.1) is 39.6 Å². The molecular weight excluding hydrogens is 304 g/mol. The van der Waals surface area contributed by atoms with Gasteiger partial charge in [-0.1, -0.05) is 0 Å². The topological polar surface area (TPSA) is 108 Å². The van der Waals surface area contributed by atoms with Crippen LogP contribution in [-0.4, -0.2) is 79.4 Å². The van der Waals surface area contributed by atoms with E-state index in [-0.39, 0.29) is 26.4 Å². The zero-order valence-corrected chi connectivity index (χ0v) is 12.7. The van der Waals surface area contributed by atoms with Crippen LogP contribution in [0, 0.1) is 0 Å². The molecule has 130 valence electrons. The van der Waals surface area contributed by atoms with E-state index in [0.717, 1.165) is 0 Å². The molecular formula is C12H22O10. The molecule has 0 radical (unpaired) electrons. The normalized spacial score (nSPS) is 10.1. The van der Waals surface area contributed by atoms with Gasteiger partial charge >= 0.3 is 12.3 Å². The van der Waals surface area contributed by atoms with Crippen molar-refractivity contribution >= 4 is 12.3 Å². The third-order valence-electron chi connectivity index (χ3n) is 1.94. The van der Waals surface area contributed by atoms with Crippen LogP contribution in [0.4, 0.5) is 9.59 Å². The summed E-state index contributed by atoms with van der Waals surface area (Å²) in [5, 5.41) is 0. The lowest BCUT2D eigenvalue weighted by molar-refractivity contribution is -0.219. The van der Waals surface area contributed by atoms with E-state index in [0.29, 0.717) is 26.4 Å². The largest absolute Gasteiger partial charge is 0.550 e. The van der Waals surface area contributed by atoms with Crippen LogP contribution in [0.25, 0.3) is 0 Å². The van der Waals surface area contributed by atoms with Crippen molar-refractivity contribution in [3.63, 3.8) is 0 Å². The molecule has 0 spiro atoms. The van der Waals surface area contributed by atoms with Crippen molar-refractivity contribution < 1.29 is 47.8 Å². The minimum atomic E-state index is -1.18. The van der Waals surface area contributed by atoms with Crippen molar-refractivity contribution in [1.82, 2.24) is 0 Å². The summed E-state index contributed by atoms with van der Waals surface area (Å²) in [5.41, 5.74) is 0. The highest BCUT2D eigenvalue weighted by Crippen LogP contribution is 1.92. The van der Waals surface area contributed by atoms with Crippen molar-refractivity contribution in [3.05, 3.63) is 0 Å². The second-order valence-electron chi connectivity index (χ2n) is 3.57. The van der Waals surface area contributed by atoms with Crippen molar-refractivity contribution in [2.45, 2.75) is 0 Å². The van der Waals surface area contributed by atoms with Crippen LogP contribution < -0.4 is 0 Å². The zero-order chi connectivity index (χ0) is 16.5. The first kappa shape index (κ1) is 20.4. The standard InChI is InChI=1S/C12H22O10/c1-15-3-5-17-7-9-19-11(13)21-22-12(14)20-10-8-18-6-4-16-2/h3-10H2,1-2H3. The molecule has 0 saturated heterocycles. The Morgan fingerprint density at radius 3 is 1.32 bits per heavy atom. The third kappa shape index (κ3) is 14.8. The molecule has 0 bridgehead atoms. The fourth-order valence-electron chi connectivity index (χ4n) is 0.973. The van der Waals surface area contributed by atoms with Gasteiger partial charge in [-0.25, -0.2) is 0 Å². The van der Waals surface area contributed by atoms with Gasteiger partial charge in [-0.05, 0) is 0 Å². The minimum Gasteiger partial charge on any atom is -0.429 e. The van der Waals surface area contributed by atoms with Gasteiger partial charge in [0.1, 0.15) is 13.2 Å². The zero-order valence-electron chi connectivity index (χ0n) is 12.7. The van der Waals surface area contributed by atoms with E-state index in [2.05, 4.69) is 19.2 Å². The Kier molecular flexibility index (Phi) is 14.6. The summed E-state index contributed by atoms with van der Waals surface area (Å²) >= 11 is 0. The first-order valence-electron chi connectivity index (χ1n) is 6.52. The van der Waals surface area contributed by atoms with Gasteiger partial charge in [0.15, 0.2) is 0 Å². The molecule has 0 N–H and O–H groups in total. The van der Waals surface area contributed by atoms with Crippen molar-refractivity contribution in [2.75, 3.05) is 67.1 Å². The van der Waals surface area contributed by atoms with Gasteiger partial charge in [-0.3, -0.25) is 0 Å². The Morgan fingerprint density at radius 1 is 0.591 bits per heavy atom. The Bertz CT molecular complexity index is 255. The molecule has 0 unspecified atom stereocenters. The number of rotatable bonds is 12. The Balaban J connectivity index is 3.36. The van der Waals surface area contributed by atoms with Crippen LogP contribution in [0.15, 0.2) is 0 Å². The number of carbonyl (C=O) groups is 2. The molecule has 10 heteroatoms. The lowest BCUT2D eigenvalue weighted by atomic mass is 10.7. The van der Waals surface area contributed by atoms with Crippen LogP contribution in [-0.2, 0) is 38.2 Å². The van der Waals surface area contributed by atoms with Gasteiger partial charge in [0.25, 0.3) is 0 Å². The van der Waals surface area contributed by atoms with E-state index >= 15 is 0 Å². The molecule has 22 heavy (non-hydrogen) atoms. The number of hydrogen-bond acceptors (Lipinski definition) is 10. The first-order chi connectivity index (χ1) is 10.7. The highest BCUT2D eigenvalue weighted by molar-refractivity contribution is 5.63. The molecule has 0 aliphatic rings. The maximum absolute atomic E-state index is 11.0. The van der Waals surface area contributed by atoms with Gasteiger partial charge in [0, 0.05) is 14.2 Å². The Hall–Kier alpha value is -1.62. The van der Waals surface area contributed by atoms with E-state index in [9.17, 15) is 9.59 Å². The number of carbonyl (C=O) groups excluding carboxylic acids is 2. The summed E-state index contributed by atoms with van der Waals surface area (Å²) in [5.74, 6) is 0. The summed E-state index contributed by atoms with van der Waals surface area (Å²) in [6, 6.07) is 0. The van der Waals surface area contributed by atoms with E-state index in [1.54, 1.807) is 14.2 Å². The van der Waals surface area contributed by atoms with Gasteiger partial charge in [-0.2, -0.15) is 19.4 Å². The van der Waals surface area contributed by atoms with Crippen LogP contribution in [0.2, 0.25) is 0 Å². The lowest BCUT2D eigenvalue weighted by Crippen LogP contribution is -2.18. The average Bonchev–Trinajstić information content (AvgIpc) is 2.52. The van der Waals surface area contributed by atoms with Crippen LogP contribution in [0.5, 0.6) is 0 Å². The predicted octanol–water partition coefficient (Wildman–Crippen LogP) is 0.534. The fourth-order valence-corrected chi connectivity index (χ4v) is 0.973. The Morgan fingerprint density at radius 2 is 0.955 bits per heavy atom. The molecule has 0 aliphatic carbocycles. The van der Waals surface area contributed by atoms with Crippen LogP contribution in [0.1, 0.15) is 0 Å². The van der Waals surface area contributed by atoms with Crippen LogP contribution >= 0.6 is 0 Å². The monoisotopic (exact) mass is 326 g/mol. The molecule has 0 fully saturated rings. The molecule has 0 saturated carbocycles. The average molecular weight is 326 g/mol. The maximum Gasteiger partial charge on any atom is 0.550 e. The van der Waals surface area contributed by atoms with E-state index in [1.807, 2.05) is 0 Å². The second kappa shape index (κ2) is 15.8. The molecule has 0 aromatic rings. The number of ether oxygens (including phenoxy) is 6. The number of hydrogen-bond donors (Lipinski definition) is 0. The summed E-state index contributed by atoms with van der Waals surface area (Å²) in [4.78, 5) is 30.1. The van der Waals surface area contributed by atoms with Gasteiger partial charge < -0.3 is 28.4 Å². The smallest absolute Gasteiger partial charge is 0.429 e. The van der Waals surface area contributed by atoms with E-state index < -0.39 is 12.3 Å². The molecule has 0 rings (SSSR count). The first-order valence-corrected chi connectivity index (χ1v) is 6.52. The molecule has 0 aliphatic heterocycles. The summed E-state index contributed by atoms with van der Waals surface area (Å²) in [6.45, 7) is 1.88. The fraction of sp³-hybridized carbons (Fsp3) is 0.833. The van der Waals surface area contributed by atoms with Crippen molar-refractivity contribution in [3.8, 4) is 0 Å².